The van der Waals surface area contributed by atoms with E-state index in [0.29, 0.717) is 24.2 Å². The topological polar surface area (TPSA) is 54.5 Å². The fourth-order valence-corrected chi connectivity index (χ4v) is 3.00. The van der Waals surface area contributed by atoms with Crippen molar-refractivity contribution in [1.29, 1.82) is 0 Å². The van der Waals surface area contributed by atoms with Gasteiger partial charge in [-0.3, -0.25) is 4.79 Å². The number of anilines is 1. The summed E-state index contributed by atoms with van der Waals surface area (Å²) in [6.07, 6.45) is 1.74. The van der Waals surface area contributed by atoms with Gasteiger partial charge >= 0.3 is 0 Å². The first-order valence-corrected chi connectivity index (χ1v) is 8.44. The summed E-state index contributed by atoms with van der Waals surface area (Å²) in [6, 6.07) is 7.81. The van der Waals surface area contributed by atoms with Gasteiger partial charge in [0.2, 0.25) is 0 Å². The molecule has 1 fully saturated rings. The minimum absolute atomic E-state index is 0.270. The molecule has 0 atom stereocenters. The fraction of sp³-hybridized carbons (Fsp3) is 0.294. The average Bonchev–Trinajstić information content (AvgIpc) is 2.62. The maximum absolute atomic E-state index is 13.3. The molecule has 1 N–H and O–H groups in total. The Hall–Kier alpha value is -1.99. The predicted molar refractivity (Wildman–Crippen MR) is 92.5 cm³/mol. The number of ether oxygens (including phenoxy) is 1. The number of nitrogens with one attached hydrogen (secondary N) is 1. The van der Waals surface area contributed by atoms with Crippen LogP contribution in [0.4, 0.5) is 10.2 Å². The zero-order valence-electron chi connectivity index (χ0n) is 13.0. The first kappa shape index (κ1) is 16.9. The van der Waals surface area contributed by atoms with Crippen molar-refractivity contribution in [2.75, 3.05) is 31.2 Å². The smallest absolute Gasteiger partial charge is 0.252 e. The van der Waals surface area contributed by atoms with Gasteiger partial charge in [-0.05, 0) is 40.2 Å². The molecule has 1 aromatic heterocycles. The van der Waals surface area contributed by atoms with Crippen LogP contribution in [0.1, 0.15) is 15.9 Å². The van der Waals surface area contributed by atoms with Crippen LogP contribution in [0.5, 0.6) is 0 Å². The number of morpholine rings is 1. The first-order chi connectivity index (χ1) is 11.6. The Labute approximate surface area is 148 Å². The minimum Gasteiger partial charge on any atom is -0.378 e. The summed E-state index contributed by atoms with van der Waals surface area (Å²) in [5.74, 6) is 0.0660. The van der Waals surface area contributed by atoms with E-state index in [4.69, 9.17) is 4.74 Å². The zero-order chi connectivity index (χ0) is 16.9. The number of hydrogen-bond acceptors (Lipinski definition) is 4. The molecule has 126 valence electrons. The van der Waals surface area contributed by atoms with E-state index in [1.165, 1.54) is 18.2 Å². The highest BCUT2D eigenvalue weighted by Gasteiger charge is 2.17. The largest absolute Gasteiger partial charge is 0.378 e. The third-order valence-corrected chi connectivity index (χ3v) is 4.48. The lowest BCUT2D eigenvalue weighted by atomic mass is 10.2. The van der Waals surface area contributed by atoms with Crippen LogP contribution < -0.4 is 10.2 Å². The first-order valence-electron chi connectivity index (χ1n) is 7.65. The van der Waals surface area contributed by atoms with Crippen LogP contribution in [0, 0.1) is 5.82 Å². The van der Waals surface area contributed by atoms with Crippen molar-refractivity contribution in [3.63, 3.8) is 0 Å². The lowest BCUT2D eigenvalue weighted by molar-refractivity contribution is 0.0949. The fourth-order valence-electron chi connectivity index (χ4n) is 2.57. The highest BCUT2D eigenvalue weighted by atomic mass is 79.9. The number of benzene rings is 1. The number of rotatable bonds is 4. The van der Waals surface area contributed by atoms with Crippen molar-refractivity contribution < 1.29 is 13.9 Å². The molecular formula is C17H17BrFN3O2. The van der Waals surface area contributed by atoms with Crippen molar-refractivity contribution in [3.8, 4) is 0 Å². The lowest BCUT2D eigenvalue weighted by Gasteiger charge is -2.29. The van der Waals surface area contributed by atoms with Gasteiger partial charge in [0.25, 0.3) is 5.91 Å². The summed E-state index contributed by atoms with van der Waals surface area (Å²) in [5, 5.41) is 2.83. The quantitative estimate of drug-likeness (QED) is 0.867. The molecule has 0 bridgehead atoms. The van der Waals surface area contributed by atoms with Crippen molar-refractivity contribution in [1.82, 2.24) is 10.3 Å². The SMILES string of the molecule is O=C(NCc1cccnc1N1CCOCC1)c1cc(F)ccc1Br. The number of pyridine rings is 1. The number of amides is 1. The number of carbonyl (C=O) groups excluding carboxylic acids is 1. The average molecular weight is 394 g/mol. The second-order valence-electron chi connectivity index (χ2n) is 5.39. The van der Waals surface area contributed by atoms with E-state index in [1.54, 1.807) is 6.20 Å². The van der Waals surface area contributed by atoms with Gasteiger partial charge in [-0.1, -0.05) is 6.07 Å². The molecule has 0 radical (unpaired) electrons. The standard InChI is InChI=1S/C17H17BrFN3O2/c18-15-4-3-13(19)10-14(15)17(23)21-11-12-2-1-5-20-16(12)22-6-8-24-9-7-22/h1-5,10H,6-9,11H2,(H,21,23). The van der Waals surface area contributed by atoms with Gasteiger partial charge in [0.15, 0.2) is 0 Å². The monoisotopic (exact) mass is 393 g/mol. The van der Waals surface area contributed by atoms with Crippen molar-refractivity contribution >= 4 is 27.7 Å². The normalized spacial score (nSPS) is 14.5. The molecular weight excluding hydrogens is 377 g/mol. The van der Waals surface area contributed by atoms with Gasteiger partial charge < -0.3 is 15.0 Å². The molecule has 3 rings (SSSR count). The second-order valence-corrected chi connectivity index (χ2v) is 6.25. The van der Waals surface area contributed by atoms with E-state index in [0.717, 1.165) is 24.5 Å². The molecule has 1 saturated heterocycles. The van der Waals surface area contributed by atoms with E-state index in [1.807, 2.05) is 12.1 Å². The number of halogens is 2. The molecule has 1 aliphatic rings. The molecule has 2 heterocycles. The zero-order valence-corrected chi connectivity index (χ0v) is 14.6. The lowest BCUT2D eigenvalue weighted by Crippen LogP contribution is -2.37. The Balaban J connectivity index is 1.72. The van der Waals surface area contributed by atoms with Crippen molar-refractivity contribution in [2.45, 2.75) is 6.54 Å². The molecule has 0 spiro atoms. The van der Waals surface area contributed by atoms with Crippen LogP contribution in [-0.2, 0) is 11.3 Å². The molecule has 24 heavy (non-hydrogen) atoms. The molecule has 0 unspecified atom stereocenters. The molecule has 0 saturated carbocycles. The van der Waals surface area contributed by atoms with Crippen molar-refractivity contribution in [2.24, 2.45) is 0 Å². The summed E-state index contributed by atoms with van der Waals surface area (Å²) in [7, 11) is 0. The maximum Gasteiger partial charge on any atom is 0.252 e. The molecule has 2 aromatic rings. The maximum atomic E-state index is 13.3. The van der Waals surface area contributed by atoms with Crippen molar-refractivity contribution in [3.05, 3.63) is 57.9 Å². The van der Waals surface area contributed by atoms with Gasteiger partial charge in [-0.2, -0.15) is 0 Å². The van der Waals surface area contributed by atoms with E-state index in [9.17, 15) is 9.18 Å². The Morgan fingerprint density at radius 1 is 1.33 bits per heavy atom. The molecule has 7 heteroatoms. The van der Waals surface area contributed by atoms with E-state index in [2.05, 4.69) is 31.1 Å². The predicted octanol–water partition coefficient (Wildman–Crippen LogP) is 2.75. The van der Waals surface area contributed by atoms with E-state index < -0.39 is 5.82 Å². The Bertz CT molecular complexity index is 736. The third-order valence-electron chi connectivity index (χ3n) is 3.79. The number of carbonyl (C=O) groups is 1. The molecule has 0 aliphatic carbocycles. The van der Waals surface area contributed by atoms with Crippen LogP contribution in [0.2, 0.25) is 0 Å². The van der Waals surface area contributed by atoms with Gasteiger partial charge in [0.05, 0.1) is 18.8 Å². The van der Waals surface area contributed by atoms with Crippen LogP contribution >= 0.6 is 15.9 Å². The number of hydrogen-bond donors (Lipinski definition) is 1. The van der Waals surface area contributed by atoms with Gasteiger partial charge in [0.1, 0.15) is 11.6 Å². The minimum atomic E-state index is -0.446. The summed E-state index contributed by atoms with van der Waals surface area (Å²) >= 11 is 3.27. The van der Waals surface area contributed by atoms with Crippen LogP contribution in [0.15, 0.2) is 41.0 Å². The van der Waals surface area contributed by atoms with Gasteiger partial charge in [-0.25, -0.2) is 9.37 Å². The van der Waals surface area contributed by atoms with E-state index in [-0.39, 0.29) is 11.5 Å². The molecule has 5 nitrogen and oxygen atoms in total. The van der Waals surface area contributed by atoms with Crippen LogP contribution in [-0.4, -0.2) is 37.2 Å². The van der Waals surface area contributed by atoms with Crippen LogP contribution in [0.25, 0.3) is 0 Å². The second kappa shape index (κ2) is 7.72. The van der Waals surface area contributed by atoms with Gasteiger partial charge in [0, 0.05) is 35.9 Å². The Kier molecular flexibility index (Phi) is 5.42. The third kappa shape index (κ3) is 3.91. The summed E-state index contributed by atoms with van der Waals surface area (Å²) in [5.41, 5.74) is 1.19. The van der Waals surface area contributed by atoms with Gasteiger partial charge in [-0.15, -0.1) is 0 Å². The number of aromatic nitrogens is 1. The number of nitrogens with zero attached hydrogens (tertiary/aromatic N) is 2. The van der Waals surface area contributed by atoms with Crippen LogP contribution in [0.3, 0.4) is 0 Å². The highest BCUT2D eigenvalue weighted by molar-refractivity contribution is 9.10. The molecule has 1 aliphatic heterocycles. The summed E-state index contributed by atoms with van der Waals surface area (Å²) in [4.78, 5) is 18.9. The summed E-state index contributed by atoms with van der Waals surface area (Å²) in [6.45, 7) is 3.19. The highest BCUT2D eigenvalue weighted by Crippen LogP contribution is 2.20. The van der Waals surface area contributed by atoms with E-state index >= 15 is 0 Å². The molecule has 1 aromatic carbocycles. The Morgan fingerprint density at radius 3 is 2.92 bits per heavy atom. The Morgan fingerprint density at radius 2 is 2.12 bits per heavy atom. The summed E-state index contributed by atoms with van der Waals surface area (Å²) < 4.78 is 19.3. The molecule has 1 amide bonds.